The van der Waals surface area contributed by atoms with Crippen LogP contribution in [-0.2, 0) is 16.0 Å². The number of carbonyl (C=O) groups excluding carboxylic acids is 2. The summed E-state index contributed by atoms with van der Waals surface area (Å²) in [7, 11) is 0. The summed E-state index contributed by atoms with van der Waals surface area (Å²) < 4.78 is 20.7. The molecule has 198 valence electrons. The molecule has 1 N–H and O–H groups in total. The minimum atomic E-state index is -0.450. The van der Waals surface area contributed by atoms with Crippen LogP contribution in [0.3, 0.4) is 0 Å². The van der Waals surface area contributed by atoms with Crippen molar-refractivity contribution >= 4 is 40.0 Å². The molecule has 1 aromatic carbocycles. The number of thioether (sulfide) groups is 1. The molecule has 1 fully saturated rings. The average molecular weight is 546 g/mol. The van der Waals surface area contributed by atoms with Crippen molar-refractivity contribution in [1.82, 2.24) is 19.7 Å². The van der Waals surface area contributed by atoms with E-state index in [1.54, 1.807) is 25.1 Å². The standard InChI is InChI=1S/C26H32FN5O3S2/c1-4-20-15-21(25(34)35-5-2)24(37-20)28-22(33)16-36-26-30-29-23(17(3)31-13-7-6-8-14-31)32(26)19-11-9-18(27)10-12-19/h9-12,15,17H,4-8,13-14,16H2,1-3H3,(H,28,33). The maximum Gasteiger partial charge on any atom is 0.341 e. The Labute approximate surface area is 224 Å². The van der Waals surface area contributed by atoms with E-state index in [-0.39, 0.29) is 30.1 Å². The third-order valence-corrected chi connectivity index (χ3v) is 8.39. The third-order valence-electron chi connectivity index (χ3n) is 6.27. The van der Waals surface area contributed by atoms with E-state index in [0.717, 1.165) is 48.7 Å². The second-order valence-corrected chi connectivity index (χ2v) is 10.9. The molecule has 0 aliphatic carbocycles. The van der Waals surface area contributed by atoms with E-state index in [2.05, 4.69) is 27.3 Å². The Kier molecular flexibility index (Phi) is 9.33. The number of hydrogen-bond donors (Lipinski definition) is 1. The van der Waals surface area contributed by atoms with Crippen LogP contribution in [0.1, 0.15) is 67.1 Å². The second kappa shape index (κ2) is 12.7. The van der Waals surface area contributed by atoms with E-state index in [4.69, 9.17) is 4.74 Å². The summed E-state index contributed by atoms with van der Waals surface area (Å²) in [6, 6.07) is 7.99. The lowest BCUT2D eigenvalue weighted by atomic mass is 10.1. The maximum absolute atomic E-state index is 13.7. The van der Waals surface area contributed by atoms with Crippen molar-refractivity contribution in [2.45, 2.75) is 57.7 Å². The number of carbonyl (C=O) groups is 2. The summed E-state index contributed by atoms with van der Waals surface area (Å²) >= 11 is 2.62. The molecule has 0 saturated carbocycles. The van der Waals surface area contributed by atoms with Crippen LogP contribution < -0.4 is 5.32 Å². The van der Waals surface area contributed by atoms with Crippen LogP contribution in [0.15, 0.2) is 35.5 Å². The lowest BCUT2D eigenvalue weighted by molar-refractivity contribution is -0.113. The van der Waals surface area contributed by atoms with Crippen LogP contribution in [0, 0.1) is 5.82 Å². The number of anilines is 1. The Bertz CT molecular complexity index is 1220. The van der Waals surface area contributed by atoms with Crippen LogP contribution in [-0.4, -0.2) is 57.0 Å². The van der Waals surface area contributed by atoms with E-state index >= 15 is 0 Å². The predicted molar refractivity (Wildman–Crippen MR) is 144 cm³/mol. The number of nitrogens with zero attached hydrogens (tertiary/aromatic N) is 4. The van der Waals surface area contributed by atoms with E-state index < -0.39 is 5.97 Å². The smallest absolute Gasteiger partial charge is 0.341 e. The fourth-order valence-corrected chi connectivity index (χ4v) is 6.07. The van der Waals surface area contributed by atoms with Gasteiger partial charge in [-0.05, 0) is 76.5 Å². The number of nitrogens with one attached hydrogen (secondary N) is 1. The molecular weight excluding hydrogens is 513 g/mol. The van der Waals surface area contributed by atoms with Gasteiger partial charge in [-0.2, -0.15) is 0 Å². The van der Waals surface area contributed by atoms with E-state index in [1.807, 2.05) is 11.5 Å². The molecule has 4 rings (SSSR count). The van der Waals surface area contributed by atoms with Gasteiger partial charge in [0.05, 0.1) is 24.0 Å². The second-order valence-electron chi connectivity index (χ2n) is 8.79. The van der Waals surface area contributed by atoms with Crippen LogP contribution >= 0.6 is 23.1 Å². The quantitative estimate of drug-likeness (QED) is 0.266. The number of ether oxygens (including phenoxy) is 1. The number of halogens is 1. The molecule has 1 unspecified atom stereocenters. The Morgan fingerprint density at radius 2 is 1.89 bits per heavy atom. The topological polar surface area (TPSA) is 89.3 Å². The van der Waals surface area contributed by atoms with Gasteiger partial charge in [0.25, 0.3) is 0 Å². The molecule has 1 saturated heterocycles. The molecule has 1 atom stereocenters. The van der Waals surface area contributed by atoms with Crippen molar-refractivity contribution in [3.63, 3.8) is 0 Å². The van der Waals surface area contributed by atoms with Gasteiger partial charge in [0, 0.05) is 10.6 Å². The Balaban J connectivity index is 1.53. The Morgan fingerprint density at radius 1 is 1.16 bits per heavy atom. The van der Waals surface area contributed by atoms with Crippen molar-refractivity contribution in [2.75, 3.05) is 30.8 Å². The third kappa shape index (κ3) is 6.58. The highest BCUT2D eigenvalue weighted by atomic mass is 32.2. The lowest BCUT2D eigenvalue weighted by Crippen LogP contribution is -2.33. The van der Waals surface area contributed by atoms with Crippen LogP contribution in [0.5, 0.6) is 0 Å². The SMILES string of the molecule is CCOC(=O)c1cc(CC)sc1NC(=O)CSc1nnc(C(C)N2CCCCC2)n1-c1ccc(F)cc1. The highest BCUT2D eigenvalue weighted by Gasteiger charge is 2.26. The van der Waals surface area contributed by atoms with Crippen molar-refractivity contribution in [2.24, 2.45) is 0 Å². The van der Waals surface area contributed by atoms with E-state index in [1.165, 1.54) is 41.7 Å². The summed E-state index contributed by atoms with van der Waals surface area (Å²) in [6.45, 7) is 8.09. The van der Waals surface area contributed by atoms with Gasteiger partial charge >= 0.3 is 5.97 Å². The number of hydrogen-bond acceptors (Lipinski definition) is 8. The molecule has 0 spiro atoms. The van der Waals surface area contributed by atoms with Gasteiger partial charge in [-0.3, -0.25) is 14.3 Å². The first-order chi connectivity index (χ1) is 17.9. The van der Waals surface area contributed by atoms with Gasteiger partial charge in [0.15, 0.2) is 11.0 Å². The van der Waals surface area contributed by atoms with Crippen molar-refractivity contribution in [3.8, 4) is 5.69 Å². The highest BCUT2D eigenvalue weighted by molar-refractivity contribution is 7.99. The first-order valence-corrected chi connectivity index (χ1v) is 14.4. The number of aromatic nitrogens is 3. The molecule has 3 aromatic rings. The molecule has 1 aliphatic rings. The first-order valence-electron chi connectivity index (χ1n) is 12.6. The number of aryl methyl sites for hydroxylation is 1. The molecule has 1 amide bonds. The van der Waals surface area contributed by atoms with Gasteiger partial charge in [-0.1, -0.05) is 25.1 Å². The maximum atomic E-state index is 13.7. The highest BCUT2D eigenvalue weighted by Crippen LogP contribution is 2.31. The normalized spacial score (nSPS) is 14.9. The Hall–Kier alpha value is -2.76. The molecule has 1 aliphatic heterocycles. The molecule has 8 nitrogen and oxygen atoms in total. The zero-order valence-corrected chi connectivity index (χ0v) is 23.0. The van der Waals surface area contributed by atoms with Crippen LogP contribution in [0.4, 0.5) is 9.39 Å². The average Bonchev–Trinajstić information content (AvgIpc) is 3.52. The predicted octanol–water partition coefficient (Wildman–Crippen LogP) is 5.48. The monoisotopic (exact) mass is 545 g/mol. The van der Waals surface area contributed by atoms with Crippen molar-refractivity contribution < 1.29 is 18.7 Å². The van der Waals surface area contributed by atoms with Gasteiger partial charge in [-0.15, -0.1) is 21.5 Å². The number of thiophene rings is 1. The Morgan fingerprint density at radius 3 is 2.57 bits per heavy atom. The minimum Gasteiger partial charge on any atom is -0.462 e. The van der Waals surface area contributed by atoms with Crippen molar-refractivity contribution in [1.29, 1.82) is 0 Å². The molecule has 2 aromatic heterocycles. The fraction of sp³-hybridized carbons (Fsp3) is 0.462. The molecule has 11 heteroatoms. The molecule has 0 bridgehead atoms. The number of esters is 1. The molecule has 0 radical (unpaired) electrons. The van der Waals surface area contributed by atoms with Crippen LogP contribution in [0.25, 0.3) is 5.69 Å². The number of likely N-dealkylation sites (tertiary alicyclic amines) is 1. The summed E-state index contributed by atoms with van der Waals surface area (Å²) in [5.74, 6) is -0.213. The van der Waals surface area contributed by atoms with Crippen LogP contribution in [0.2, 0.25) is 0 Å². The fourth-order valence-electron chi connectivity index (χ4n) is 4.31. The summed E-state index contributed by atoms with van der Waals surface area (Å²) in [5.41, 5.74) is 1.11. The lowest BCUT2D eigenvalue weighted by Gasteiger charge is -2.31. The summed E-state index contributed by atoms with van der Waals surface area (Å²) in [6.07, 6.45) is 4.27. The van der Waals surface area contributed by atoms with E-state index in [9.17, 15) is 14.0 Å². The minimum absolute atomic E-state index is 0.0201. The van der Waals surface area contributed by atoms with Gasteiger partial charge < -0.3 is 10.1 Å². The van der Waals surface area contributed by atoms with Gasteiger partial charge in [0.1, 0.15) is 10.8 Å². The number of piperidine rings is 1. The number of amides is 1. The number of rotatable bonds is 10. The molecule has 37 heavy (non-hydrogen) atoms. The largest absolute Gasteiger partial charge is 0.462 e. The molecule has 3 heterocycles. The van der Waals surface area contributed by atoms with Gasteiger partial charge in [0.2, 0.25) is 5.91 Å². The molecular formula is C26H32FN5O3S2. The summed E-state index contributed by atoms with van der Waals surface area (Å²) in [4.78, 5) is 28.6. The van der Waals surface area contributed by atoms with E-state index in [0.29, 0.717) is 15.7 Å². The van der Waals surface area contributed by atoms with Gasteiger partial charge in [-0.25, -0.2) is 9.18 Å². The zero-order valence-electron chi connectivity index (χ0n) is 21.3. The zero-order chi connectivity index (χ0) is 26.4. The van der Waals surface area contributed by atoms with Crippen molar-refractivity contribution in [3.05, 3.63) is 52.4 Å². The number of benzene rings is 1. The first kappa shape index (κ1) is 27.3. The summed E-state index contributed by atoms with van der Waals surface area (Å²) in [5, 5.41) is 12.8.